The Balaban J connectivity index is 3.24. The van der Waals surface area contributed by atoms with Crippen LogP contribution in [-0.2, 0) is 14.3 Å². The molecule has 18 heavy (non-hydrogen) atoms. The maximum Gasteiger partial charge on any atom is 0.313 e. The number of nitro benzene ring substituents is 1. The zero-order valence-electron chi connectivity index (χ0n) is 10.1. The third kappa shape index (κ3) is 3.13. The second-order valence-corrected chi connectivity index (χ2v) is 3.80. The molecule has 0 aliphatic rings. The molecular weight excluding hydrogens is 238 g/mol. The minimum absolute atomic E-state index is 0.114. The molecular formula is C12H13NO5. The summed E-state index contributed by atoms with van der Waals surface area (Å²) >= 11 is 0. The number of benzene rings is 1. The van der Waals surface area contributed by atoms with Crippen molar-refractivity contribution in [2.45, 2.75) is 19.3 Å². The molecule has 0 heterocycles. The number of para-hydroxylation sites is 1. The van der Waals surface area contributed by atoms with Crippen LogP contribution in [-0.4, -0.2) is 23.8 Å². The molecule has 1 atom stereocenters. The molecule has 0 saturated carbocycles. The lowest BCUT2D eigenvalue weighted by atomic mass is 9.93. The van der Waals surface area contributed by atoms with E-state index in [0.29, 0.717) is 0 Å². The van der Waals surface area contributed by atoms with Crippen molar-refractivity contribution in [1.29, 1.82) is 0 Å². The number of ether oxygens (including phenoxy) is 1. The molecule has 1 aromatic rings. The van der Waals surface area contributed by atoms with Crippen molar-refractivity contribution in [3.8, 4) is 0 Å². The number of carbonyl (C=O) groups excluding carboxylic acids is 2. The van der Waals surface area contributed by atoms with E-state index in [2.05, 4.69) is 4.74 Å². The van der Waals surface area contributed by atoms with Crippen molar-refractivity contribution in [1.82, 2.24) is 0 Å². The van der Waals surface area contributed by atoms with Gasteiger partial charge >= 0.3 is 5.97 Å². The van der Waals surface area contributed by atoms with Gasteiger partial charge in [0.25, 0.3) is 5.69 Å². The third-order valence-electron chi connectivity index (χ3n) is 2.49. The normalized spacial score (nSPS) is 11.7. The van der Waals surface area contributed by atoms with E-state index in [1.807, 2.05) is 0 Å². The monoisotopic (exact) mass is 251 g/mol. The van der Waals surface area contributed by atoms with E-state index in [4.69, 9.17) is 0 Å². The van der Waals surface area contributed by atoms with Crippen LogP contribution in [0, 0.1) is 10.1 Å². The van der Waals surface area contributed by atoms with Crippen LogP contribution < -0.4 is 0 Å². The van der Waals surface area contributed by atoms with E-state index in [-0.39, 0.29) is 23.5 Å². The highest BCUT2D eigenvalue weighted by molar-refractivity contribution is 5.87. The highest BCUT2D eigenvalue weighted by atomic mass is 16.6. The molecule has 1 unspecified atom stereocenters. The Labute approximate surface area is 104 Å². The number of ketones is 1. The summed E-state index contributed by atoms with van der Waals surface area (Å²) < 4.78 is 4.59. The average Bonchev–Trinajstić information content (AvgIpc) is 2.34. The predicted octanol–water partition coefficient (Wildman–Crippen LogP) is 1.83. The van der Waals surface area contributed by atoms with Gasteiger partial charge in [0.05, 0.1) is 18.0 Å². The SMILES string of the molecule is COC(=O)C(CC(C)=O)c1ccccc1[N+](=O)[O-]. The lowest BCUT2D eigenvalue weighted by Gasteiger charge is -2.13. The first kappa shape index (κ1) is 13.8. The van der Waals surface area contributed by atoms with Gasteiger partial charge in [0.15, 0.2) is 0 Å². The van der Waals surface area contributed by atoms with E-state index < -0.39 is 16.8 Å². The molecule has 0 bridgehead atoms. The van der Waals surface area contributed by atoms with Crippen LogP contribution in [0.25, 0.3) is 0 Å². The summed E-state index contributed by atoms with van der Waals surface area (Å²) in [5, 5.41) is 10.9. The van der Waals surface area contributed by atoms with Crippen LogP contribution in [0.15, 0.2) is 24.3 Å². The molecule has 6 heteroatoms. The Morgan fingerprint density at radius 1 is 1.39 bits per heavy atom. The Morgan fingerprint density at radius 3 is 2.50 bits per heavy atom. The van der Waals surface area contributed by atoms with Gasteiger partial charge in [0.2, 0.25) is 0 Å². The number of hydrogen-bond acceptors (Lipinski definition) is 5. The predicted molar refractivity (Wildman–Crippen MR) is 63.2 cm³/mol. The molecule has 0 radical (unpaired) electrons. The highest BCUT2D eigenvalue weighted by Gasteiger charge is 2.29. The van der Waals surface area contributed by atoms with Crippen LogP contribution in [0.1, 0.15) is 24.8 Å². The smallest absolute Gasteiger partial charge is 0.313 e. The number of esters is 1. The van der Waals surface area contributed by atoms with Gasteiger partial charge in [0.1, 0.15) is 5.78 Å². The average molecular weight is 251 g/mol. The first-order valence-electron chi connectivity index (χ1n) is 5.28. The van der Waals surface area contributed by atoms with Crippen LogP contribution in [0.3, 0.4) is 0 Å². The summed E-state index contributed by atoms with van der Waals surface area (Å²) in [4.78, 5) is 33.1. The molecule has 6 nitrogen and oxygen atoms in total. The lowest BCUT2D eigenvalue weighted by molar-refractivity contribution is -0.385. The maximum atomic E-state index is 11.6. The molecule has 0 N–H and O–H groups in total. The van der Waals surface area contributed by atoms with Crippen LogP contribution in [0.5, 0.6) is 0 Å². The van der Waals surface area contributed by atoms with E-state index in [1.54, 1.807) is 6.07 Å². The third-order valence-corrected chi connectivity index (χ3v) is 2.49. The second kappa shape index (κ2) is 5.90. The largest absolute Gasteiger partial charge is 0.469 e. The lowest BCUT2D eigenvalue weighted by Crippen LogP contribution is -2.18. The second-order valence-electron chi connectivity index (χ2n) is 3.80. The number of methoxy groups -OCH3 is 1. The van der Waals surface area contributed by atoms with Crippen molar-refractivity contribution in [2.24, 2.45) is 0 Å². The zero-order chi connectivity index (χ0) is 13.7. The molecule has 1 rings (SSSR count). The maximum absolute atomic E-state index is 11.6. The van der Waals surface area contributed by atoms with E-state index in [1.165, 1.54) is 32.2 Å². The highest BCUT2D eigenvalue weighted by Crippen LogP contribution is 2.29. The molecule has 1 aromatic carbocycles. The summed E-state index contributed by atoms with van der Waals surface area (Å²) in [6.45, 7) is 1.32. The summed E-state index contributed by atoms with van der Waals surface area (Å²) in [7, 11) is 1.18. The van der Waals surface area contributed by atoms with E-state index in [9.17, 15) is 19.7 Å². The Bertz CT molecular complexity index is 483. The fourth-order valence-corrected chi connectivity index (χ4v) is 1.70. The van der Waals surface area contributed by atoms with Crippen LogP contribution >= 0.6 is 0 Å². The van der Waals surface area contributed by atoms with Gasteiger partial charge in [-0.3, -0.25) is 19.7 Å². The van der Waals surface area contributed by atoms with Crippen LogP contribution in [0.2, 0.25) is 0 Å². The van der Waals surface area contributed by atoms with Crippen molar-refractivity contribution in [3.05, 3.63) is 39.9 Å². The number of hydrogen-bond donors (Lipinski definition) is 0. The fourth-order valence-electron chi connectivity index (χ4n) is 1.70. The summed E-state index contributed by atoms with van der Waals surface area (Å²) in [5.41, 5.74) is 0.0127. The number of carbonyl (C=O) groups is 2. The Hall–Kier alpha value is -2.24. The van der Waals surface area contributed by atoms with Crippen molar-refractivity contribution < 1.29 is 19.2 Å². The van der Waals surface area contributed by atoms with Gasteiger partial charge in [-0.15, -0.1) is 0 Å². The minimum atomic E-state index is -0.936. The molecule has 0 fully saturated rings. The standard InChI is InChI=1S/C12H13NO5/c1-8(14)7-10(12(15)18-2)9-5-3-4-6-11(9)13(16)17/h3-6,10H,7H2,1-2H3. The van der Waals surface area contributed by atoms with Crippen LogP contribution in [0.4, 0.5) is 5.69 Å². The molecule has 96 valence electrons. The molecule has 0 aliphatic carbocycles. The summed E-state index contributed by atoms with van der Waals surface area (Å²) in [5.74, 6) is -1.82. The van der Waals surface area contributed by atoms with E-state index >= 15 is 0 Å². The molecule has 0 saturated heterocycles. The van der Waals surface area contributed by atoms with Gasteiger partial charge in [-0.05, 0) is 6.92 Å². The van der Waals surface area contributed by atoms with Crippen molar-refractivity contribution in [3.63, 3.8) is 0 Å². The molecule has 0 aromatic heterocycles. The Kier molecular flexibility index (Phi) is 4.53. The topological polar surface area (TPSA) is 86.5 Å². The zero-order valence-corrected chi connectivity index (χ0v) is 10.1. The summed E-state index contributed by atoms with van der Waals surface area (Å²) in [6.07, 6.45) is -0.114. The van der Waals surface area contributed by atoms with Gasteiger partial charge in [-0.25, -0.2) is 0 Å². The fraction of sp³-hybridized carbons (Fsp3) is 0.333. The van der Waals surface area contributed by atoms with Crippen molar-refractivity contribution >= 4 is 17.4 Å². The van der Waals surface area contributed by atoms with Gasteiger partial charge < -0.3 is 4.74 Å². The number of nitrogens with zero attached hydrogens (tertiary/aromatic N) is 1. The van der Waals surface area contributed by atoms with Gasteiger partial charge in [-0.2, -0.15) is 0 Å². The number of rotatable bonds is 5. The quantitative estimate of drug-likeness (QED) is 0.452. The minimum Gasteiger partial charge on any atom is -0.469 e. The summed E-state index contributed by atoms with van der Waals surface area (Å²) in [6, 6.07) is 5.84. The first-order chi connectivity index (χ1) is 8.47. The molecule has 0 aliphatic heterocycles. The molecule has 0 amide bonds. The van der Waals surface area contributed by atoms with Gasteiger partial charge in [-0.1, -0.05) is 18.2 Å². The van der Waals surface area contributed by atoms with E-state index in [0.717, 1.165) is 0 Å². The van der Waals surface area contributed by atoms with Crippen molar-refractivity contribution in [2.75, 3.05) is 7.11 Å². The first-order valence-corrected chi connectivity index (χ1v) is 5.28. The Morgan fingerprint density at radius 2 is 2.00 bits per heavy atom. The van der Waals surface area contributed by atoms with Gasteiger partial charge in [0, 0.05) is 18.1 Å². The molecule has 0 spiro atoms. The number of nitro groups is 1. The number of Topliss-reactive ketones (excluding diaryl/α,β-unsaturated/α-hetero) is 1.